The van der Waals surface area contributed by atoms with Gasteiger partial charge in [0.2, 0.25) is 0 Å². The number of hydrogen-bond donors (Lipinski definition) is 2. The molecule has 0 aliphatic heterocycles. The number of guanidine groups is 1. The van der Waals surface area contributed by atoms with Gasteiger partial charge in [-0.05, 0) is 32.1 Å². The van der Waals surface area contributed by atoms with E-state index in [0.717, 1.165) is 32.1 Å². The van der Waals surface area contributed by atoms with Crippen molar-refractivity contribution in [3.63, 3.8) is 0 Å². The molecule has 0 fully saturated rings. The maximum Gasteiger partial charge on any atom is 0.191 e. The van der Waals surface area contributed by atoms with E-state index in [1.54, 1.807) is 25.2 Å². The van der Waals surface area contributed by atoms with Gasteiger partial charge in [0.1, 0.15) is 6.10 Å². The fourth-order valence-corrected chi connectivity index (χ4v) is 2.13. The van der Waals surface area contributed by atoms with Crippen LogP contribution in [0, 0.1) is 5.82 Å². The van der Waals surface area contributed by atoms with Crippen molar-refractivity contribution in [2.75, 3.05) is 39.8 Å². The van der Waals surface area contributed by atoms with Gasteiger partial charge in [-0.3, -0.25) is 4.99 Å². The van der Waals surface area contributed by atoms with Gasteiger partial charge in [-0.25, -0.2) is 4.39 Å². The maximum atomic E-state index is 13.5. The smallest absolute Gasteiger partial charge is 0.191 e. The van der Waals surface area contributed by atoms with Crippen LogP contribution in [0.25, 0.3) is 0 Å². The molecule has 1 unspecified atom stereocenters. The van der Waals surface area contributed by atoms with Crippen molar-refractivity contribution in [1.29, 1.82) is 0 Å². The molecule has 24 heavy (non-hydrogen) atoms. The van der Waals surface area contributed by atoms with Gasteiger partial charge in [0, 0.05) is 20.1 Å². The predicted molar refractivity (Wildman–Crippen MR) is 109 cm³/mol. The molecule has 5 nitrogen and oxygen atoms in total. The van der Waals surface area contributed by atoms with E-state index in [0.29, 0.717) is 6.54 Å². The lowest BCUT2D eigenvalue weighted by Gasteiger charge is -2.20. The van der Waals surface area contributed by atoms with Gasteiger partial charge in [0.25, 0.3) is 0 Å². The van der Waals surface area contributed by atoms with Crippen molar-refractivity contribution in [3.8, 4) is 5.75 Å². The molecule has 1 rings (SSSR count). The van der Waals surface area contributed by atoms with E-state index in [1.165, 1.54) is 6.07 Å². The Labute approximate surface area is 162 Å². The summed E-state index contributed by atoms with van der Waals surface area (Å²) in [5, 5.41) is 6.46. The summed E-state index contributed by atoms with van der Waals surface area (Å²) in [6, 6.07) is 6.42. The molecule has 0 spiro atoms. The largest absolute Gasteiger partial charge is 0.486 e. The molecule has 1 aromatic carbocycles. The molecule has 0 aliphatic carbocycles. The molecule has 0 aromatic heterocycles. The Morgan fingerprint density at radius 2 is 1.92 bits per heavy atom. The molecule has 0 saturated carbocycles. The standard InChI is InChI=1S/C17H29FN4O.HI/c1-5-22(6-2)12-11-20-17(19-4)21-13-14(3)23-16-10-8-7-9-15(16)18;/h7-10,14H,5-6,11-13H2,1-4H3,(H2,19,20,21);1H. The van der Waals surface area contributed by atoms with Crippen molar-refractivity contribution >= 4 is 29.9 Å². The number of rotatable bonds is 9. The minimum atomic E-state index is -0.346. The van der Waals surface area contributed by atoms with E-state index < -0.39 is 0 Å². The van der Waals surface area contributed by atoms with Crippen molar-refractivity contribution in [2.24, 2.45) is 4.99 Å². The summed E-state index contributed by atoms with van der Waals surface area (Å²) in [6.07, 6.45) is -0.173. The van der Waals surface area contributed by atoms with Gasteiger partial charge in [-0.2, -0.15) is 0 Å². The Balaban J connectivity index is 0.00000529. The van der Waals surface area contributed by atoms with E-state index in [9.17, 15) is 4.39 Å². The van der Waals surface area contributed by atoms with E-state index in [2.05, 4.69) is 34.4 Å². The molecular weight excluding hydrogens is 422 g/mol. The highest BCUT2D eigenvalue weighted by atomic mass is 127. The third kappa shape index (κ3) is 8.68. The second-order valence-electron chi connectivity index (χ2n) is 5.27. The lowest BCUT2D eigenvalue weighted by Crippen LogP contribution is -2.44. The zero-order chi connectivity index (χ0) is 17.1. The molecule has 0 radical (unpaired) electrons. The molecule has 0 bridgehead atoms. The zero-order valence-corrected chi connectivity index (χ0v) is 17.3. The Bertz CT molecular complexity index is 483. The topological polar surface area (TPSA) is 48.9 Å². The third-order valence-corrected chi connectivity index (χ3v) is 3.56. The number of nitrogens with one attached hydrogen (secondary N) is 2. The monoisotopic (exact) mass is 452 g/mol. The average molecular weight is 452 g/mol. The van der Waals surface area contributed by atoms with Crippen LogP contribution in [-0.4, -0.2) is 56.7 Å². The molecule has 0 saturated heterocycles. The lowest BCUT2D eigenvalue weighted by molar-refractivity contribution is 0.214. The molecule has 138 valence electrons. The first kappa shape index (κ1) is 22.9. The second kappa shape index (κ2) is 13.2. The summed E-state index contributed by atoms with van der Waals surface area (Å²) in [4.78, 5) is 6.52. The molecule has 2 N–H and O–H groups in total. The van der Waals surface area contributed by atoms with Crippen molar-refractivity contribution in [2.45, 2.75) is 26.9 Å². The van der Waals surface area contributed by atoms with E-state index >= 15 is 0 Å². The highest BCUT2D eigenvalue weighted by Crippen LogP contribution is 2.16. The molecule has 1 atom stereocenters. The summed E-state index contributed by atoms with van der Waals surface area (Å²) >= 11 is 0. The maximum absolute atomic E-state index is 13.5. The number of ether oxygens (including phenoxy) is 1. The summed E-state index contributed by atoms with van der Waals surface area (Å²) in [6.45, 7) is 10.6. The molecule has 0 heterocycles. The highest BCUT2D eigenvalue weighted by Gasteiger charge is 2.09. The van der Waals surface area contributed by atoms with Gasteiger partial charge < -0.3 is 20.3 Å². The summed E-state index contributed by atoms with van der Waals surface area (Å²) in [7, 11) is 1.73. The lowest BCUT2D eigenvalue weighted by atomic mass is 10.3. The normalized spacial score (nSPS) is 12.5. The van der Waals surface area contributed by atoms with Crippen LogP contribution in [0.3, 0.4) is 0 Å². The molecule has 1 aromatic rings. The van der Waals surface area contributed by atoms with Crippen LogP contribution in [-0.2, 0) is 0 Å². The van der Waals surface area contributed by atoms with Gasteiger partial charge in [-0.1, -0.05) is 26.0 Å². The van der Waals surface area contributed by atoms with Crippen LogP contribution in [0.5, 0.6) is 5.75 Å². The first-order valence-corrected chi connectivity index (χ1v) is 8.18. The third-order valence-electron chi connectivity index (χ3n) is 3.56. The average Bonchev–Trinajstić information content (AvgIpc) is 2.56. The minimum absolute atomic E-state index is 0. The minimum Gasteiger partial charge on any atom is -0.486 e. The van der Waals surface area contributed by atoms with Crippen LogP contribution in [0.1, 0.15) is 20.8 Å². The molecular formula is C17H30FIN4O. The number of hydrogen-bond acceptors (Lipinski definition) is 3. The first-order chi connectivity index (χ1) is 11.1. The van der Waals surface area contributed by atoms with E-state index in [1.807, 2.05) is 6.92 Å². The van der Waals surface area contributed by atoms with Gasteiger partial charge in [0.15, 0.2) is 17.5 Å². The van der Waals surface area contributed by atoms with Gasteiger partial charge >= 0.3 is 0 Å². The van der Waals surface area contributed by atoms with Crippen molar-refractivity contribution < 1.29 is 9.13 Å². The molecule has 0 aliphatic rings. The number of halogens is 2. The molecule has 7 heteroatoms. The van der Waals surface area contributed by atoms with Crippen LogP contribution >= 0.6 is 24.0 Å². The number of likely N-dealkylation sites (N-methyl/N-ethyl adjacent to an activating group) is 1. The summed E-state index contributed by atoms with van der Waals surface area (Å²) < 4.78 is 19.1. The Kier molecular flexibility index (Phi) is 12.6. The SMILES string of the molecule is CCN(CC)CCNC(=NC)NCC(C)Oc1ccccc1F.I. The highest BCUT2D eigenvalue weighted by molar-refractivity contribution is 14.0. The Morgan fingerprint density at radius 1 is 1.25 bits per heavy atom. The van der Waals surface area contributed by atoms with Crippen molar-refractivity contribution in [1.82, 2.24) is 15.5 Å². The van der Waals surface area contributed by atoms with Crippen LogP contribution < -0.4 is 15.4 Å². The Morgan fingerprint density at radius 3 is 2.50 bits per heavy atom. The quantitative estimate of drug-likeness (QED) is 0.344. The number of nitrogens with zero attached hydrogens (tertiary/aromatic N) is 2. The van der Waals surface area contributed by atoms with Gasteiger partial charge in [-0.15, -0.1) is 24.0 Å². The second-order valence-corrected chi connectivity index (χ2v) is 5.27. The van der Waals surface area contributed by atoms with Crippen molar-refractivity contribution in [3.05, 3.63) is 30.1 Å². The van der Waals surface area contributed by atoms with Gasteiger partial charge in [0.05, 0.1) is 6.54 Å². The van der Waals surface area contributed by atoms with E-state index in [4.69, 9.17) is 4.74 Å². The Hall–Kier alpha value is -1.09. The van der Waals surface area contributed by atoms with E-state index in [-0.39, 0.29) is 41.6 Å². The summed E-state index contributed by atoms with van der Waals surface area (Å²) in [5.41, 5.74) is 0. The van der Waals surface area contributed by atoms with Crippen LogP contribution in [0.4, 0.5) is 4.39 Å². The number of aliphatic imine (C=N–C) groups is 1. The number of benzene rings is 1. The van der Waals surface area contributed by atoms with Crippen LogP contribution in [0.15, 0.2) is 29.3 Å². The fourth-order valence-electron chi connectivity index (χ4n) is 2.13. The first-order valence-electron chi connectivity index (χ1n) is 8.18. The van der Waals surface area contributed by atoms with Crippen LogP contribution in [0.2, 0.25) is 0 Å². The zero-order valence-electron chi connectivity index (χ0n) is 15.0. The molecule has 0 amide bonds. The summed E-state index contributed by atoms with van der Waals surface area (Å²) in [5.74, 6) is 0.647. The fraction of sp³-hybridized carbons (Fsp3) is 0.588. The predicted octanol–water partition coefficient (Wildman–Crippen LogP) is 2.72. The number of para-hydroxylation sites is 1.